The van der Waals surface area contributed by atoms with Crippen LogP contribution in [0.5, 0.6) is 0 Å². The van der Waals surface area contributed by atoms with Crippen LogP contribution in [-0.2, 0) is 17.9 Å². The molecular weight excluding hydrogens is 340 g/mol. The number of para-hydroxylation sites is 1. The van der Waals surface area contributed by atoms with Gasteiger partial charge >= 0.3 is 0 Å². The molecule has 0 fully saturated rings. The molecule has 3 N–H and O–H groups in total. The Kier molecular flexibility index (Phi) is 4.72. The van der Waals surface area contributed by atoms with Crippen LogP contribution in [0.15, 0.2) is 77.7 Å². The number of hydrogen-bond donors (Lipinski definition) is 2. The van der Waals surface area contributed by atoms with Gasteiger partial charge in [0.2, 0.25) is 5.91 Å². The second-order valence-electron chi connectivity index (χ2n) is 6.37. The summed E-state index contributed by atoms with van der Waals surface area (Å²) >= 11 is 0. The molecule has 0 bridgehead atoms. The third-order valence-corrected chi connectivity index (χ3v) is 4.43. The van der Waals surface area contributed by atoms with Crippen LogP contribution < -0.4 is 11.1 Å². The zero-order valence-electron chi connectivity index (χ0n) is 14.7. The van der Waals surface area contributed by atoms with Crippen LogP contribution >= 0.6 is 0 Å². The van der Waals surface area contributed by atoms with Crippen molar-refractivity contribution in [3.63, 3.8) is 0 Å². The van der Waals surface area contributed by atoms with E-state index >= 15 is 0 Å². The van der Waals surface area contributed by atoms with E-state index in [2.05, 4.69) is 10.3 Å². The summed E-state index contributed by atoms with van der Waals surface area (Å²) in [5, 5.41) is 4.06. The molecule has 1 amide bonds. The minimum atomic E-state index is -0.414. The number of furan rings is 1. The lowest BCUT2D eigenvalue weighted by Crippen LogP contribution is -2.31. The van der Waals surface area contributed by atoms with Gasteiger partial charge in [0.05, 0.1) is 0 Å². The predicted octanol–water partition coefficient (Wildman–Crippen LogP) is 2.99. The van der Waals surface area contributed by atoms with Crippen LogP contribution in [0.2, 0.25) is 0 Å². The smallest absolute Gasteiger partial charge is 0.240 e. The molecule has 3 aromatic heterocycles. The molecular formula is C21H20N4O2. The van der Waals surface area contributed by atoms with Crippen LogP contribution in [0.4, 0.5) is 0 Å². The summed E-state index contributed by atoms with van der Waals surface area (Å²) in [6.07, 6.45) is 7.16. The fraction of sp³-hybridized carbons (Fsp3) is 0.143. The highest BCUT2D eigenvalue weighted by Gasteiger charge is 2.21. The number of carbonyl (C=O) groups excluding carboxylic acids is 1. The van der Waals surface area contributed by atoms with Gasteiger partial charge in [-0.15, -0.1) is 0 Å². The Labute approximate surface area is 156 Å². The van der Waals surface area contributed by atoms with Crippen molar-refractivity contribution in [2.45, 2.75) is 19.1 Å². The maximum atomic E-state index is 12.7. The first-order chi connectivity index (χ1) is 13.2. The van der Waals surface area contributed by atoms with E-state index in [9.17, 15) is 4.79 Å². The third-order valence-electron chi connectivity index (χ3n) is 4.43. The van der Waals surface area contributed by atoms with Crippen molar-refractivity contribution in [1.29, 1.82) is 0 Å². The van der Waals surface area contributed by atoms with Gasteiger partial charge in [0.15, 0.2) is 0 Å². The number of amides is 1. The summed E-state index contributed by atoms with van der Waals surface area (Å²) in [6.45, 7) is 0.656. The number of aromatic nitrogens is 2. The van der Waals surface area contributed by atoms with Gasteiger partial charge < -0.3 is 20.0 Å². The fourth-order valence-electron chi connectivity index (χ4n) is 3.09. The summed E-state index contributed by atoms with van der Waals surface area (Å²) in [5.41, 5.74) is 8.27. The summed E-state index contributed by atoms with van der Waals surface area (Å²) in [5.74, 6) is 0.552. The van der Waals surface area contributed by atoms with Crippen molar-refractivity contribution < 1.29 is 9.21 Å². The second kappa shape index (κ2) is 7.47. The van der Waals surface area contributed by atoms with Gasteiger partial charge in [-0.2, -0.15) is 0 Å². The van der Waals surface area contributed by atoms with E-state index in [1.807, 2.05) is 65.5 Å². The SMILES string of the molecule is NCc1ccn(CC(=O)NC(c2cccnc2)c2cc3ccccc3o2)c1. The quantitative estimate of drug-likeness (QED) is 0.553. The van der Waals surface area contributed by atoms with E-state index in [4.69, 9.17) is 10.2 Å². The normalized spacial score (nSPS) is 12.2. The van der Waals surface area contributed by atoms with Crippen LogP contribution in [0, 0.1) is 0 Å². The third kappa shape index (κ3) is 3.75. The van der Waals surface area contributed by atoms with Crippen molar-refractivity contribution in [2.75, 3.05) is 0 Å². The van der Waals surface area contributed by atoms with E-state index < -0.39 is 6.04 Å². The molecule has 0 saturated carbocycles. The lowest BCUT2D eigenvalue weighted by atomic mass is 10.1. The number of fused-ring (bicyclic) bond motifs is 1. The van der Waals surface area contributed by atoms with Gasteiger partial charge in [-0.05, 0) is 29.8 Å². The van der Waals surface area contributed by atoms with Crippen molar-refractivity contribution in [3.8, 4) is 0 Å². The highest BCUT2D eigenvalue weighted by atomic mass is 16.3. The van der Waals surface area contributed by atoms with Gasteiger partial charge in [-0.3, -0.25) is 9.78 Å². The summed E-state index contributed by atoms with van der Waals surface area (Å²) in [6, 6.07) is 15.0. The van der Waals surface area contributed by atoms with E-state index in [0.29, 0.717) is 12.3 Å². The van der Waals surface area contributed by atoms with Gasteiger partial charge in [0.1, 0.15) is 23.9 Å². The molecule has 4 rings (SSSR count). The lowest BCUT2D eigenvalue weighted by molar-refractivity contribution is -0.122. The first-order valence-electron chi connectivity index (χ1n) is 8.75. The monoisotopic (exact) mass is 360 g/mol. The second-order valence-corrected chi connectivity index (χ2v) is 6.37. The van der Waals surface area contributed by atoms with Gasteiger partial charge in [0, 0.05) is 42.3 Å². The Morgan fingerprint density at radius 2 is 2.11 bits per heavy atom. The molecule has 27 heavy (non-hydrogen) atoms. The van der Waals surface area contributed by atoms with Crippen LogP contribution in [0.25, 0.3) is 11.0 Å². The largest absolute Gasteiger partial charge is 0.459 e. The summed E-state index contributed by atoms with van der Waals surface area (Å²) in [4.78, 5) is 16.8. The number of benzene rings is 1. The molecule has 0 spiro atoms. The standard InChI is InChI=1S/C21H20N4O2/c22-11-15-7-9-25(13-15)14-20(26)24-21(17-5-3-8-23-12-17)19-10-16-4-1-2-6-18(16)27-19/h1-10,12-13,21H,11,14,22H2,(H,24,26). The zero-order valence-corrected chi connectivity index (χ0v) is 14.7. The molecule has 1 atom stereocenters. The molecule has 6 heteroatoms. The number of carbonyl (C=O) groups is 1. The number of nitrogens with one attached hydrogen (secondary N) is 1. The van der Waals surface area contributed by atoms with E-state index in [-0.39, 0.29) is 12.5 Å². The number of hydrogen-bond acceptors (Lipinski definition) is 4. The zero-order chi connectivity index (χ0) is 18.6. The molecule has 0 aliphatic rings. The van der Waals surface area contributed by atoms with Crippen LogP contribution in [0.3, 0.4) is 0 Å². The molecule has 3 heterocycles. The van der Waals surface area contributed by atoms with Crippen molar-refractivity contribution in [2.24, 2.45) is 5.73 Å². The lowest BCUT2D eigenvalue weighted by Gasteiger charge is -2.17. The Balaban J connectivity index is 1.61. The maximum absolute atomic E-state index is 12.7. The first-order valence-corrected chi connectivity index (χ1v) is 8.75. The van der Waals surface area contributed by atoms with E-state index in [1.54, 1.807) is 12.4 Å². The molecule has 136 valence electrons. The van der Waals surface area contributed by atoms with Gasteiger partial charge in [-0.25, -0.2) is 0 Å². The van der Waals surface area contributed by atoms with E-state index in [1.165, 1.54) is 0 Å². The van der Waals surface area contributed by atoms with E-state index in [0.717, 1.165) is 22.1 Å². The maximum Gasteiger partial charge on any atom is 0.240 e. The van der Waals surface area contributed by atoms with Gasteiger partial charge in [0.25, 0.3) is 0 Å². The highest BCUT2D eigenvalue weighted by molar-refractivity contribution is 5.79. The molecule has 1 aromatic carbocycles. The fourth-order valence-corrected chi connectivity index (χ4v) is 3.09. The van der Waals surface area contributed by atoms with Crippen molar-refractivity contribution >= 4 is 16.9 Å². The summed E-state index contributed by atoms with van der Waals surface area (Å²) in [7, 11) is 0. The van der Waals surface area contributed by atoms with Crippen molar-refractivity contribution in [3.05, 3.63) is 90.2 Å². The Hall–Kier alpha value is -3.38. The van der Waals surface area contributed by atoms with Gasteiger partial charge in [-0.1, -0.05) is 24.3 Å². The minimum Gasteiger partial charge on any atom is -0.459 e. The van der Waals surface area contributed by atoms with Crippen molar-refractivity contribution in [1.82, 2.24) is 14.9 Å². The predicted molar refractivity (Wildman–Crippen MR) is 103 cm³/mol. The number of rotatable bonds is 6. The highest BCUT2D eigenvalue weighted by Crippen LogP contribution is 2.28. The molecule has 0 aliphatic heterocycles. The Bertz CT molecular complexity index is 1020. The molecule has 0 aliphatic carbocycles. The Morgan fingerprint density at radius 1 is 1.22 bits per heavy atom. The number of nitrogens with two attached hydrogens (primary N) is 1. The topological polar surface area (TPSA) is 86.1 Å². The Morgan fingerprint density at radius 3 is 2.85 bits per heavy atom. The first kappa shape index (κ1) is 17.1. The number of pyridine rings is 1. The molecule has 6 nitrogen and oxygen atoms in total. The average molecular weight is 360 g/mol. The molecule has 0 saturated heterocycles. The number of nitrogens with zero attached hydrogens (tertiary/aromatic N) is 2. The minimum absolute atomic E-state index is 0.122. The van der Waals surface area contributed by atoms with Crippen LogP contribution in [0.1, 0.15) is 22.9 Å². The molecule has 0 radical (unpaired) electrons. The molecule has 4 aromatic rings. The van der Waals surface area contributed by atoms with Crippen LogP contribution in [-0.4, -0.2) is 15.5 Å². The molecule has 1 unspecified atom stereocenters. The average Bonchev–Trinajstić information content (AvgIpc) is 3.33. The summed E-state index contributed by atoms with van der Waals surface area (Å²) < 4.78 is 7.81.